The van der Waals surface area contributed by atoms with Gasteiger partial charge in [0.15, 0.2) is 17.6 Å². The van der Waals surface area contributed by atoms with Crippen LogP contribution in [0.5, 0.6) is 11.5 Å². The lowest BCUT2D eigenvalue weighted by atomic mass is 9.51. The molecule has 2 saturated carbocycles. The van der Waals surface area contributed by atoms with Gasteiger partial charge in [-0.3, -0.25) is 4.90 Å². The fraction of sp³-hybridized carbons (Fsp3) is 0.739. The largest absolute Gasteiger partial charge is 0.493 e. The lowest BCUT2D eigenvalue weighted by Gasteiger charge is -2.60. The van der Waals surface area contributed by atoms with E-state index in [1.807, 2.05) is 6.07 Å². The standard InChI is InChI=1S/C23H29F2NO2/c1-27-18-8-7-14-13-17-16-9-10-23(24,25)21-22(16,19(14)20(18)28-21)11-12-26(17)15-5-3-2-4-6-15/h7-8,15-17,21H,2-6,9-13H2,1H3/t16?,17-,21-,22?/m0/s1. The van der Waals surface area contributed by atoms with Gasteiger partial charge < -0.3 is 9.47 Å². The van der Waals surface area contributed by atoms with Gasteiger partial charge >= 0.3 is 0 Å². The zero-order chi connectivity index (χ0) is 19.1. The minimum atomic E-state index is -2.77. The number of alkyl halides is 2. The summed E-state index contributed by atoms with van der Waals surface area (Å²) >= 11 is 0. The molecule has 6 rings (SSSR count). The van der Waals surface area contributed by atoms with E-state index in [1.165, 1.54) is 37.7 Å². The van der Waals surface area contributed by atoms with E-state index in [1.54, 1.807) is 7.11 Å². The van der Waals surface area contributed by atoms with E-state index in [-0.39, 0.29) is 12.3 Å². The molecule has 0 N–H and O–H groups in total. The summed E-state index contributed by atoms with van der Waals surface area (Å²) in [6, 6.07) is 5.05. The van der Waals surface area contributed by atoms with Crippen LogP contribution < -0.4 is 9.47 Å². The minimum Gasteiger partial charge on any atom is -0.493 e. The minimum absolute atomic E-state index is 0.0509. The molecule has 1 aromatic rings. The number of piperidine rings is 1. The first-order valence-corrected chi connectivity index (χ1v) is 11.1. The van der Waals surface area contributed by atoms with Crippen molar-refractivity contribution in [3.63, 3.8) is 0 Å². The van der Waals surface area contributed by atoms with Gasteiger partial charge in [0.1, 0.15) is 0 Å². The maximum atomic E-state index is 15.1. The summed E-state index contributed by atoms with van der Waals surface area (Å²) in [5, 5.41) is 0. The molecule has 3 nitrogen and oxygen atoms in total. The first-order valence-electron chi connectivity index (χ1n) is 11.1. The highest BCUT2D eigenvalue weighted by molar-refractivity contribution is 5.61. The predicted octanol–water partition coefficient (Wildman–Crippen LogP) is 4.70. The van der Waals surface area contributed by atoms with Crippen molar-refractivity contribution in [2.45, 2.75) is 87.3 Å². The maximum absolute atomic E-state index is 15.1. The van der Waals surface area contributed by atoms with Crippen LogP contribution in [0.25, 0.3) is 0 Å². The molecule has 1 saturated heterocycles. The van der Waals surface area contributed by atoms with E-state index in [0.29, 0.717) is 30.0 Å². The zero-order valence-electron chi connectivity index (χ0n) is 16.6. The van der Waals surface area contributed by atoms with Crippen molar-refractivity contribution in [2.24, 2.45) is 5.92 Å². The Balaban J connectivity index is 1.50. The van der Waals surface area contributed by atoms with Gasteiger partial charge in [0.05, 0.1) is 7.11 Å². The average molecular weight is 389 g/mol. The normalized spacial score (nSPS) is 38.6. The van der Waals surface area contributed by atoms with Crippen molar-refractivity contribution in [3.05, 3.63) is 23.3 Å². The highest BCUT2D eigenvalue weighted by atomic mass is 19.3. The number of hydrogen-bond acceptors (Lipinski definition) is 3. The lowest BCUT2D eigenvalue weighted by molar-refractivity contribution is -0.185. The Bertz CT molecular complexity index is 806. The fourth-order valence-corrected chi connectivity index (χ4v) is 7.54. The molecule has 0 aromatic heterocycles. The summed E-state index contributed by atoms with van der Waals surface area (Å²) in [5.41, 5.74) is 1.76. The number of nitrogens with zero attached hydrogens (tertiary/aromatic N) is 1. The number of ether oxygens (including phenoxy) is 2. The highest BCUT2D eigenvalue weighted by Crippen LogP contribution is 2.66. The second-order valence-electron chi connectivity index (χ2n) is 9.63. The van der Waals surface area contributed by atoms with Crippen LogP contribution in [0.1, 0.15) is 62.5 Å². The fourth-order valence-electron chi connectivity index (χ4n) is 7.54. The molecule has 5 heteroatoms. The van der Waals surface area contributed by atoms with Crippen molar-refractivity contribution in [3.8, 4) is 11.5 Å². The van der Waals surface area contributed by atoms with Crippen LogP contribution in [0.3, 0.4) is 0 Å². The Morgan fingerprint density at radius 1 is 1.11 bits per heavy atom. The van der Waals surface area contributed by atoms with Crippen LogP contribution in [0.15, 0.2) is 12.1 Å². The molecule has 2 unspecified atom stereocenters. The van der Waals surface area contributed by atoms with Gasteiger partial charge in [-0.05, 0) is 56.2 Å². The van der Waals surface area contributed by atoms with E-state index >= 15 is 8.78 Å². The first kappa shape index (κ1) is 17.5. The monoisotopic (exact) mass is 389 g/mol. The molecule has 28 heavy (non-hydrogen) atoms. The van der Waals surface area contributed by atoms with Crippen molar-refractivity contribution in [1.82, 2.24) is 4.90 Å². The second-order valence-corrected chi connectivity index (χ2v) is 9.63. The Kier molecular flexibility index (Phi) is 3.65. The summed E-state index contributed by atoms with van der Waals surface area (Å²) in [4.78, 5) is 2.72. The number of methoxy groups -OCH3 is 1. The van der Waals surface area contributed by atoms with E-state index < -0.39 is 17.4 Å². The van der Waals surface area contributed by atoms with Crippen LogP contribution in [-0.4, -0.2) is 42.7 Å². The predicted molar refractivity (Wildman–Crippen MR) is 102 cm³/mol. The molecular formula is C23H29F2NO2. The SMILES string of the molecule is COc1ccc2c3c1O[C@@H]1C(F)(F)CCC4[C@H](C2)N(C2CCCCC2)CCC341. The number of benzene rings is 1. The Morgan fingerprint density at radius 2 is 1.93 bits per heavy atom. The zero-order valence-corrected chi connectivity index (χ0v) is 16.6. The molecular weight excluding hydrogens is 360 g/mol. The van der Waals surface area contributed by atoms with Gasteiger partial charge in [0.25, 0.3) is 5.92 Å². The third-order valence-corrected chi connectivity index (χ3v) is 8.58. The van der Waals surface area contributed by atoms with Crippen LogP contribution in [0.4, 0.5) is 8.78 Å². The molecule has 1 spiro atoms. The van der Waals surface area contributed by atoms with Crippen molar-refractivity contribution >= 4 is 0 Å². The molecule has 0 radical (unpaired) electrons. The number of rotatable bonds is 2. The van der Waals surface area contributed by atoms with Crippen molar-refractivity contribution in [2.75, 3.05) is 13.7 Å². The van der Waals surface area contributed by atoms with Crippen LogP contribution in [0.2, 0.25) is 0 Å². The smallest absolute Gasteiger partial charge is 0.285 e. The van der Waals surface area contributed by atoms with Gasteiger partial charge in [-0.15, -0.1) is 0 Å². The van der Waals surface area contributed by atoms with Crippen molar-refractivity contribution in [1.29, 1.82) is 0 Å². The average Bonchev–Trinajstić information content (AvgIpc) is 3.05. The van der Waals surface area contributed by atoms with Crippen molar-refractivity contribution < 1.29 is 18.3 Å². The lowest BCUT2D eigenvalue weighted by Crippen LogP contribution is -2.69. The third kappa shape index (κ3) is 2.07. The van der Waals surface area contributed by atoms with E-state index in [9.17, 15) is 0 Å². The van der Waals surface area contributed by atoms with Gasteiger partial charge in [-0.25, -0.2) is 8.78 Å². The van der Waals surface area contributed by atoms with E-state index in [2.05, 4.69) is 11.0 Å². The molecule has 3 fully saturated rings. The quantitative estimate of drug-likeness (QED) is 0.732. The van der Waals surface area contributed by atoms with Crippen LogP contribution in [-0.2, 0) is 11.8 Å². The van der Waals surface area contributed by atoms with Crippen LogP contribution >= 0.6 is 0 Å². The molecule has 2 aliphatic heterocycles. The van der Waals surface area contributed by atoms with Gasteiger partial charge in [-0.1, -0.05) is 25.3 Å². The maximum Gasteiger partial charge on any atom is 0.285 e. The summed E-state index contributed by atoms with van der Waals surface area (Å²) in [6.45, 7) is 0.928. The van der Waals surface area contributed by atoms with E-state index in [0.717, 1.165) is 24.9 Å². The van der Waals surface area contributed by atoms with Gasteiger partial charge in [0, 0.05) is 29.5 Å². The Hall–Kier alpha value is -1.36. The molecule has 4 atom stereocenters. The first-order chi connectivity index (χ1) is 13.6. The molecule has 5 aliphatic rings. The molecule has 3 aliphatic carbocycles. The van der Waals surface area contributed by atoms with Gasteiger partial charge in [-0.2, -0.15) is 0 Å². The summed E-state index contributed by atoms with van der Waals surface area (Å²) < 4.78 is 41.9. The number of halogens is 2. The molecule has 1 aromatic carbocycles. The van der Waals surface area contributed by atoms with E-state index in [4.69, 9.17) is 9.47 Å². The Labute approximate surface area is 165 Å². The summed E-state index contributed by atoms with van der Waals surface area (Å²) in [5.74, 6) is -1.27. The molecule has 152 valence electrons. The topological polar surface area (TPSA) is 21.7 Å². The number of likely N-dealkylation sites (tertiary alicyclic amines) is 1. The Morgan fingerprint density at radius 3 is 2.71 bits per heavy atom. The third-order valence-electron chi connectivity index (χ3n) is 8.58. The summed E-state index contributed by atoms with van der Waals surface area (Å²) in [6.07, 6.45) is 7.80. The highest BCUT2D eigenvalue weighted by Gasteiger charge is 2.71. The summed E-state index contributed by atoms with van der Waals surface area (Å²) in [7, 11) is 1.61. The molecule has 2 bridgehead atoms. The van der Waals surface area contributed by atoms with Crippen LogP contribution in [0, 0.1) is 5.92 Å². The van der Waals surface area contributed by atoms with Gasteiger partial charge in [0.2, 0.25) is 0 Å². The molecule has 2 heterocycles. The number of hydrogen-bond donors (Lipinski definition) is 0. The second kappa shape index (κ2) is 5.84. The molecule has 0 amide bonds.